The van der Waals surface area contributed by atoms with E-state index in [0.29, 0.717) is 27.9 Å². The number of nitrogens with zero attached hydrogens (tertiary/aromatic N) is 1. The number of carbonyl (C=O) groups is 2. The summed E-state index contributed by atoms with van der Waals surface area (Å²) in [5.41, 5.74) is 1.64. The van der Waals surface area contributed by atoms with E-state index >= 15 is 0 Å². The van der Waals surface area contributed by atoms with Crippen LogP contribution in [0.15, 0.2) is 53.1 Å². The van der Waals surface area contributed by atoms with Gasteiger partial charge in [0.2, 0.25) is 15.8 Å². The summed E-state index contributed by atoms with van der Waals surface area (Å²) >= 11 is 0. The minimum atomic E-state index is -3.40. The van der Waals surface area contributed by atoms with Crippen LogP contribution in [-0.2, 0) is 26.0 Å². The molecule has 28 heavy (non-hydrogen) atoms. The third kappa shape index (κ3) is 4.74. The van der Waals surface area contributed by atoms with Gasteiger partial charge in [-0.2, -0.15) is 0 Å². The molecule has 1 heterocycles. The molecule has 0 aliphatic carbocycles. The SMILES string of the molecule is C[C@@H](OC(=O)Cc1noc2ccccc12)C(=O)c1ccc(NS(C)(=O)=O)cc1. The molecule has 3 rings (SSSR count). The highest BCUT2D eigenvalue weighted by atomic mass is 32.2. The van der Waals surface area contributed by atoms with Crippen molar-refractivity contribution in [2.24, 2.45) is 0 Å². The first kappa shape index (κ1) is 19.6. The lowest BCUT2D eigenvalue weighted by atomic mass is 10.1. The maximum absolute atomic E-state index is 12.4. The van der Waals surface area contributed by atoms with Gasteiger partial charge in [0.05, 0.1) is 12.7 Å². The normalized spacial score (nSPS) is 12.5. The summed E-state index contributed by atoms with van der Waals surface area (Å²) in [4.78, 5) is 24.6. The number of rotatable bonds is 7. The van der Waals surface area contributed by atoms with Crippen LogP contribution in [0.3, 0.4) is 0 Å². The van der Waals surface area contributed by atoms with Gasteiger partial charge in [0.1, 0.15) is 5.69 Å². The summed E-state index contributed by atoms with van der Waals surface area (Å²) in [5, 5.41) is 4.58. The van der Waals surface area contributed by atoms with Gasteiger partial charge in [0, 0.05) is 16.6 Å². The van der Waals surface area contributed by atoms with Crippen molar-refractivity contribution < 1.29 is 27.3 Å². The number of benzene rings is 2. The first-order valence-electron chi connectivity index (χ1n) is 8.38. The number of anilines is 1. The molecule has 0 unspecified atom stereocenters. The number of carbonyl (C=O) groups excluding carboxylic acids is 2. The Labute approximate surface area is 161 Å². The van der Waals surface area contributed by atoms with Gasteiger partial charge in [-0.3, -0.25) is 14.3 Å². The predicted octanol–water partition coefficient (Wildman–Crippen LogP) is 2.56. The van der Waals surface area contributed by atoms with Crippen molar-refractivity contribution in [3.8, 4) is 0 Å². The van der Waals surface area contributed by atoms with Gasteiger partial charge >= 0.3 is 5.97 Å². The van der Waals surface area contributed by atoms with Gasteiger partial charge in [0.15, 0.2) is 11.7 Å². The number of esters is 1. The Hall–Kier alpha value is -3.20. The molecule has 0 fully saturated rings. The molecule has 1 atom stereocenters. The Kier molecular flexibility index (Phi) is 5.46. The van der Waals surface area contributed by atoms with E-state index in [9.17, 15) is 18.0 Å². The zero-order valence-electron chi connectivity index (χ0n) is 15.2. The Balaban J connectivity index is 1.62. The quantitative estimate of drug-likeness (QED) is 0.477. The molecule has 0 aliphatic heterocycles. The number of hydrogen-bond acceptors (Lipinski definition) is 7. The molecule has 0 radical (unpaired) electrons. The van der Waals surface area contributed by atoms with E-state index in [-0.39, 0.29) is 6.42 Å². The fourth-order valence-electron chi connectivity index (χ4n) is 2.65. The average molecular weight is 402 g/mol. The Morgan fingerprint density at radius 2 is 1.82 bits per heavy atom. The minimum Gasteiger partial charge on any atom is -0.454 e. The zero-order valence-corrected chi connectivity index (χ0v) is 16.0. The minimum absolute atomic E-state index is 0.119. The second-order valence-electron chi connectivity index (χ2n) is 6.25. The molecule has 1 N–H and O–H groups in total. The van der Waals surface area contributed by atoms with Gasteiger partial charge in [0.25, 0.3) is 0 Å². The lowest BCUT2D eigenvalue weighted by molar-refractivity contribution is -0.145. The first-order chi connectivity index (χ1) is 13.2. The van der Waals surface area contributed by atoms with Crippen molar-refractivity contribution in [1.82, 2.24) is 5.16 Å². The van der Waals surface area contributed by atoms with Crippen molar-refractivity contribution in [2.45, 2.75) is 19.4 Å². The highest BCUT2D eigenvalue weighted by Gasteiger charge is 2.21. The summed E-state index contributed by atoms with van der Waals surface area (Å²) in [6, 6.07) is 13.0. The summed E-state index contributed by atoms with van der Waals surface area (Å²) < 4.78 is 35.1. The molecule has 3 aromatic rings. The van der Waals surface area contributed by atoms with Crippen LogP contribution in [0, 0.1) is 0 Å². The van der Waals surface area contributed by atoms with Crippen LogP contribution in [0.1, 0.15) is 23.0 Å². The van der Waals surface area contributed by atoms with Crippen molar-refractivity contribution in [1.29, 1.82) is 0 Å². The molecule has 0 saturated heterocycles. The largest absolute Gasteiger partial charge is 0.454 e. The number of para-hydroxylation sites is 1. The third-order valence-electron chi connectivity index (χ3n) is 3.91. The highest BCUT2D eigenvalue weighted by Crippen LogP contribution is 2.19. The van der Waals surface area contributed by atoms with Crippen molar-refractivity contribution in [3.05, 3.63) is 59.8 Å². The average Bonchev–Trinajstić information content (AvgIpc) is 3.03. The third-order valence-corrected chi connectivity index (χ3v) is 4.52. The highest BCUT2D eigenvalue weighted by molar-refractivity contribution is 7.92. The van der Waals surface area contributed by atoms with E-state index in [1.165, 1.54) is 31.2 Å². The smallest absolute Gasteiger partial charge is 0.312 e. The second-order valence-corrected chi connectivity index (χ2v) is 8.00. The van der Waals surface area contributed by atoms with E-state index in [4.69, 9.17) is 9.26 Å². The molecule has 8 nitrogen and oxygen atoms in total. The fourth-order valence-corrected chi connectivity index (χ4v) is 3.21. The van der Waals surface area contributed by atoms with Crippen molar-refractivity contribution in [3.63, 3.8) is 0 Å². The van der Waals surface area contributed by atoms with Gasteiger partial charge in [-0.15, -0.1) is 0 Å². The maximum Gasteiger partial charge on any atom is 0.312 e. The number of aromatic nitrogens is 1. The lowest BCUT2D eigenvalue weighted by Crippen LogP contribution is -2.25. The second kappa shape index (κ2) is 7.81. The molecule has 0 bridgehead atoms. The summed E-state index contributed by atoms with van der Waals surface area (Å²) in [6.07, 6.45) is -0.0864. The molecule has 1 aromatic heterocycles. The van der Waals surface area contributed by atoms with Crippen LogP contribution < -0.4 is 4.72 Å². The monoisotopic (exact) mass is 402 g/mol. The van der Waals surface area contributed by atoms with Crippen molar-refractivity contribution >= 4 is 38.4 Å². The van der Waals surface area contributed by atoms with E-state index < -0.39 is 27.9 Å². The van der Waals surface area contributed by atoms with Crippen LogP contribution >= 0.6 is 0 Å². The number of hydrogen-bond donors (Lipinski definition) is 1. The summed E-state index contributed by atoms with van der Waals surface area (Å²) in [5.74, 6) is -1.00. The van der Waals surface area contributed by atoms with Gasteiger partial charge in [-0.05, 0) is 43.3 Å². The Bertz CT molecular complexity index is 1120. The van der Waals surface area contributed by atoms with E-state index in [1.807, 2.05) is 6.07 Å². The molecular formula is C19H18N2O6S. The van der Waals surface area contributed by atoms with Crippen LogP contribution in [0.2, 0.25) is 0 Å². The predicted molar refractivity (Wildman–Crippen MR) is 103 cm³/mol. The molecule has 0 aliphatic rings. The topological polar surface area (TPSA) is 116 Å². The molecular weight excluding hydrogens is 384 g/mol. The number of Topliss-reactive ketones (excluding diaryl/α,β-unsaturated/α-hetero) is 1. The van der Waals surface area contributed by atoms with Crippen LogP contribution in [0.25, 0.3) is 11.0 Å². The fraction of sp³-hybridized carbons (Fsp3) is 0.211. The number of nitrogens with one attached hydrogen (secondary N) is 1. The maximum atomic E-state index is 12.4. The zero-order chi connectivity index (χ0) is 20.3. The number of ether oxygens (including phenoxy) is 1. The number of sulfonamides is 1. The van der Waals surface area contributed by atoms with E-state index in [1.54, 1.807) is 18.2 Å². The van der Waals surface area contributed by atoms with E-state index in [0.717, 1.165) is 6.26 Å². The van der Waals surface area contributed by atoms with Crippen molar-refractivity contribution in [2.75, 3.05) is 11.0 Å². The number of fused-ring (bicyclic) bond motifs is 1. The van der Waals surface area contributed by atoms with Gasteiger partial charge in [-0.1, -0.05) is 17.3 Å². The van der Waals surface area contributed by atoms with Crippen LogP contribution in [0.5, 0.6) is 0 Å². The Morgan fingerprint density at radius 3 is 2.50 bits per heavy atom. The van der Waals surface area contributed by atoms with Crippen LogP contribution in [-0.4, -0.2) is 37.7 Å². The first-order valence-corrected chi connectivity index (χ1v) is 10.3. The number of ketones is 1. The standard InChI is InChI=1S/C19H18N2O6S/c1-12(19(23)13-7-9-14(10-8-13)21-28(2,24)25)26-18(22)11-16-15-5-3-4-6-17(15)27-20-16/h3-10,12,21H,11H2,1-2H3/t12-/m1/s1. The summed E-state index contributed by atoms with van der Waals surface area (Å²) in [6.45, 7) is 1.48. The Morgan fingerprint density at radius 1 is 1.14 bits per heavy atom. The molecule has 0 saturated carbocycles. The molecule has 9 heteroatoms. The van der Waals surface area contributed by atoms with Gasteiger partial charge in [-0.25, -0.2) is 8.42 Å². The molecule has 0 spiro atoms. The van der Waals surface area contributed by atoms with E-state index in [2.05, 4.69) is 9.88 Å². The molecule has 2 aromatic carbocycles. The lowest BCUT2D eigenvalue weighted by Gasteiger charge is -2.12. The molecule has 0 amide bonds. The van der Waals surface area contributed by atoms with Crippen LogP contribution in [0.4, 0.5) is 5.69 Å². The van der Waals surface area contributed by atoms with Gasteiger partial charge < -0.3 is 9.26 Å². The summed E-state index contributed by atoms with van der Waals surface area (Å²) in [7, 11) is -3.40. The molecule has 146 valence electrons.